The molecule has 0 saturated carbocycles. The van der Waals surface area contributed by atoms with Crippen LogP contribution < -0.4 is 10.6 Å². The van der Waals surface area contributed by atoms with Crippen molar-refractivity contribution in [2.45, 2.75) is 33.0 Å². The Kier molecular flexibility index (Phi) is 6.49. The minimum Gasteiger partial charge on any atom is -0.350 e. The highest BCUT2D eigenvalue weighted by Gasteiger charge is 2.21. The van der Waals surface area contributed by atoms with E-state index in [1.165, 1.54) is 12.1 Å². The highest BCUT2D eigenvalue weighted by molar-refractivity contribution is 5.95. The number of nitrogens with zero attached hydrogens (tertiary/aromatic N) is 2. The first-order valence-corrected chi connectivity index (χ1v) is 10.7. The molecule has 3 aromatic carbocycles. The van der Waals surface area contributed by atoms with Gasteiger partial charge in [-0.25, -0.2) is 9.37 Å². The summed E-state index contributed by atoms with van der Waals surface area (Å²) < 4.78 is 14.9. The fourth-order valence-corrected chi connectivity index (χ4v) is 3.76. The van der Waals surface area contributed by atoms with Gasteiger partial charge in [-0.3, -0.25) is 9.59 Å². The Morgan fingerprint density at radius 3 is 2.45 bits per heavy atom. The molecule has 0 aliphatic heterocycles. The van der Waals surface area contributed by atoms with Crippen molar-refractivity contribution < 1.29 is 14.0 Å². The predicted octanol–water partition coefficient (Wildman–Crippen LogP) is 4.29. The van der Waals surface area contributed by atoms with Crippen molar-refractivity contribution in [1.82, 2.24) is 20.2 Å². The maximum Gasteiger partial charge on any atom is 0.252 e. The van der Waals surface area contributed by atoms with Gasteiger partial charge in [0.25, 0.3) is 5.91 Å². The smallest absolute Gasteiger partial charge is 0.252 e. The van der Waals surface area contributed by atoms with E-state index in [9.17, 15) is 14.0 Å². The van der Waals surface area contributed by atoms with Crippen LogP contribution in [0.15, 0.2) is 72.8 Å². The average Bonchev–Trinajstić information content (AvgIpc) is 3.17. The van der Waals surface area contributed by atoms with Gasteiger partial charge in [0.15, 0.2) is 0 Å². The Morgan fingerprint density at radius 2 is 1.70 bits per heavy atom. The second kappa shape index (κ2) is 9.65. The zero-order valence-electron chi connectivity index (χ0n) is 18.5. The summed E-state index contributed by atoms with van der Waals surface area (Å²) in [6.45, 7) is 4.08. The van der Waals surface area contributed by atoms with Crippen LogP contribution in [0.2, 0.25) is 0 Å². The Morgan fingerprint density at radius 1 is 1.00 bits per heavy atom. The van der Waals surface area contributed by atoms with Crippen molar-refractivity contribution in [3.05, 3.63) is 101 Å². The summed E-state index contributed by atoms with van der Waals surface area (Å²) in [7, 11) is 0. The van der Waals surface area contributed by atoms with E-state index < -0.39 is 6.04 Å². The topological polar surface area (TPSA) is 76.0 Å². The summed E-state index contributed by atoms with van der Waals surface area (Å²) in [5.74, 6) is -0.127. The molecular weight excluding hydrogens is 419 g/mol. The molecule has 0 saturated heterocycles. The highest BCUT2D eigenvalue weighted by Crippen LogP contribution is 2.21. The molecule has 1 atom stereocenters. The van der Waals surface area contributed by atoms with Crippen molar-refractivity contribution in [1.29, 1.82) is 0 Å². The van der Waals surface area contributed by atoms with Crippen LogP contribution in [0.1, 0.15) is 40.3 Å². The molecule has 4 aromatic rings. The van der Waals surface area contributed by atoms with E-state index in [4.69, 9.17) is 0 Å². The van der Waals surface area contributed by atoms with Crippen LogP contribution >= 0.6 is 0 Å². The molecule has 0 bridgehead atoms. The number of halogens is 1. The summed E-state index contributed by atoms with van der Waals surface area (Å²) in [5, 5.41) is 5.87. The largest absolute Gasteiger partial charge is 0.350 e. The van der Waals surface area contributed by atoms with Crippen LogP contribution in [0, 0.1) is 12.7 Å². The first-order valence-electron chi connectivity index (χ1n) is 10.7. The van der Waals surface area contributed by atoms with E-state index in [1.54, 1.807) is 18.2 Å². The number of hydrogen-bond acceptors (Lipinski definition) is 3. The third-order valence-corrected chi connectivity index (χ3v) is 5.51. The lowest BCUT2D eigenvalue weighted by Crippen LogP contribution is -2.32. The van der Waals surface area contributed by atoms with E-state index in [-0.39, 0.29) is 24.2 Å². The molecule has 4 rings (SSSR count). The number of carbonyl (C=O) groups excluding carboxylic acids is 2. The fourth-order valence-electron chi connectivity index (χ4n) is 3.76. The molecule has 1 unspecified atom stereocenters. The van der Waals surface area contributed by atoms with Crippen molar-refractivity contribution in [3.63, 3.8) is 0 Å². The molecule has 0 spiro atoms. The van der Waals surface area contributed by atoms with Crippen molar-refractivity contribution in [3.8, 4) is 0 Å². The third kappa shape index (κ3) is 5.09. The molecular formula is C26H25FN4O2. The maximum absolute atomic E-state index is 13.1. The highest BCUT2D eigenvalue weighted by atomic mass is 19.1. The molecule has 0 fully saturated rings. The number of aryl methyl sites for hydroxylation is 1. The summed E-state index contributed by atoms with van der Waals surface area (Å²) in [5.41, 5.74) is 3.84. The minimum atomic E-state index is -0.422. The zero-order valence-corrected chi connectivity index (χ0v) is 18.5. The quantitative estimate of drug-likeness (QED) is 0.447. The van der Waals surface area contributed by atoms with Crippen molar-refractivity contribution in [2.24, 2.45) is 0 Å². The second-order valence-electron chi connectivity index (χ2n) is 7.96. The van der Waals surface area contributed by atoms with Gasteiger partial charge in [-0.1, -0.05) is 42.5 Å². The Balaban J connectivity index is 1.53. The van der Waals surface area contributed by atoms with Crippen LogP contribution in [0.3, 0.4) is 0 Å². The monoisotopic (exact) mass is 444 g/mol. The van der Waals surface area contributed by atoms with Crippen LogP contribution in [0.5, 0.6) is 0 Å². The van der Waals surface area contributed by atoms with E-state index in [1.807, 2.05) is 60.9 Å². The summed E-state index contributed by atoms with van der Waals surface area (Å²) in [4.78, 5) is 30.3. The molecule has 0 radical (unpaired) electrons. The van der Waals surface area contributed by atoms with Crippen molar-refractivity contribution in [2.75, 3.05) is 0 Å². The predicted molar refractivity (Wildman–Crippen MR) is 125 cm³/mol. The number of imidazole rings is 1. The summed E-state index contributed by atoms with van der Waals surface area (Å²) in [6, 6.07) is 20.5. The van der Waals surface area contributed by atoms with Gasteiger partial charge in [0.1, 0.15) is 18.2 Å². The number of hydrogen-bond donors (Lipinski definition) is 2. The molecule has 33 heavy (non-hydrogen) atoms. The Labute approximate surface area is 191 Å². The number of benzene rings is 3. The van der Waals surface area contributed by atoms with E-state index >= 15 is 0 Å². The lowest BCUT2D eigenvalue weighted by Gasteiger charge is -2.17. The SMILES string of the molecule is Cc1ccccc1C(=O)NC(C)c1nc2ccccc2n1CC(=O)NCc1ccc(F)cc1. The number of para-hydroxylation sites is 2. The van der Waals surface area contributed by atoms with Crippen LogP contribution in [0.25, 0.3) is 11.0 Å². The van der Waals surface area contributed by atoms with Gasteiger partial charge in [0.2, 0.25) is 5.91 Å². The lowest BCUT2D eigenvalue weighted by molar-refractivity contribution is -0.121. The van der Waals surface area contributed by atoms with Gasteiger partial charge in [0, 0.05) is 12.1 Å². The average molecular weight is 445 g/mol. The van der Waals surface area contributed by atoms with Gasteiger partial charge < -0.3 is 15.2 Å². The van der Waals surface area contributed by atoms with Gasteiger partial charge in [0.05, 0.1) is 17.1 Å². The number of fused-ring (bicyclic) bond motifs is 1. The number of carbonyl (C=O) groups is 2. The molecule has 0 aliphatic rings. The molecule has 1 heterocycles. The first-order chi connectivity index (χ1) is 15.9. The van der Waals surface area contributed by atoms with E-state index in [0.29, 0.717) is 17.9 Å². The summed E-state index contributed by atoms with van der Waals surface area (Å²) >= 11 is 0. The zero-order chi connectivity index (χ0) is 23.4. The van der Waals surface area contributed by atoms with Crippen LogP contribution in [0.4, 0.5) is 4.39 Å². The van der Waals surface area contributed by atoms with E-state index in [0.717, 1.165) is 22.2 Å². The van der Waals surface area contributed by atoms with Crippen LogP contribution in [-0.2, 0) is 17.9 Å². The number of aromatic nitrogens is 2. The lowest BCUT2D eigenvalue weighted by atomic mass is 10.1. The normalized spacial score (nSPS) is 11.8. The van der Waals surface area contributed by atoms with Gasteiger partial charge in [-0.05, 0) is 55.3 Å². The van der Waals surface area contributed by atoms with Gasteiger partial charge in [-0.15, -0.1) is 0 Å². The van der Waals surface area contributed by atoms with Crippen molar-refractivity contribution >= 4 is 22.8 Å². The number of amides is 2. The third-order valence-electron chi connectivity index (χ3n) is 5.51. The molecule has 0 aliphatic carbocycles. The van der Waals surface area contributed by atoms with Gasteiger partial charge in [-0.2, -0.15) is 0 Å². The summed E-state index contributed by atoms with van der Waals surface area (Å²) in [6.07, 6.45) is 0. The van der Waals surface area contributed by atoms with E-state index in [2.05, 4.69) is 15.6 Å². The van der Waals surface area contributed by atoms with Gasteiger partial charge >= 0.3 is 0 Å². The first kappa shape index (κ1) is 22.2. The maximum atomic E-state index is 13.1. The molecule has 1 aromatic heterocycles. The second-order valence-corrected chi connectivity index (χ2v) is 7.96. The Hall–Kier alpha value is -4.00. The Bertz CT molecular complexity index is 1300. The molecule has 2 amide bonds. The molecule has 168 valence electrons. The number of nitrogens with one attached hydrogen (secondary N) is 2. The molecule has 2 N–H and O–H groups in total. The molecule has 7 heteroatoms. The van der Waals surface area contributed by atoms with Crippen LogP contribution in [-0.4, -0.2) is 21.4 Å². The standard InChI is InChI=1S/C26H25FN4O2/c1-17-7-3-4-8-21(17)26(33)29-18(2)25-30-22-9-5-6-10-23(22)31(25)16-24(32)28-15-19-11-13-20(27)14-12-19/h3-14,18H,15-16H2,1-2H3,(H,28,32)(H,29,33). The fraction of sp³-hybridized carbons (Fsp3) is 0.192. The molecule has 6 nitrogen and oxygen atoms in total. The minimum absolute atomic E-state index is 0.0433. The number of rotatable bonds is 7.